The average Bonchev–Trinajstić information content (AvgIpc) is 2.15. The topological polar surface area (TPSA) is 0 Å². The van der Waals surface area contributed by atoms with E-state index in [1.165, 1.54) is 37.7 Å². The van der Waals surface area contributed by atoms with Crippen molar-refractivity contribution in [3.05, 3.63) is 12.2 Å². The van der Waals surface area contributed by atoms with Crippen molar-refractivity contribution in [3.63, 3.8) is 0 Å². The molecule has 1 rings (SSSR count). The molecule has 1 aliphatic carbocycles. The highest BCUT2D eigenvalue weighted by atomic mass is 14.3. The lowest BCUT2D eigenvalue weighted by Gasteiger charge is -2.34. The van der Waals surface area contributed by atoms with Gasteiger partial charge in [0, 0.05) is 0 Å². The van der Waals surface area contributed by atoms with Crippen molar-refractivity contribution in [2.75, 3.05) is 0 Å². The first kappa shape index (κ1) is 13.8. The first-order chi connectivity index (χ1) is 7.29. The lowest BCUT2D eigenvalue weighted by atomic mass is 9.72. The molecule has 1 aliphatic rings. The van der Waals surface area contributed by atoms with Gasteiger partial charge in [-0.15, -0.1) is 0 Å². The highest BCUT2D eigenvalue weighted by Crippen LogP contribution is 2.39. The molecule has 0 spiro atoms. The van der Waals surface area contributed by atoms with E-state index in [2.05, 4.69) is 41.2 Å². The number of hydrogen-bond acceptors (Lipinski definition) is 0. The van der Waals surface area contributed by atoms with Gasteiger partial charge in [-0.05, 0) is 55.3 Å². The molecule has 0 atom stereocenters. The van der Waals surface area contributed by atoms with Gasteiger partial charge in [0.15, 0.2) is 0 Å². The third-order valence-electron chi connectivity index (χ3n) is 4.01. The fraction of sp³-hybridized carbons (Fsp3) is 0.875. The van der Waals surface area contributed by atoms with Gasteiger partial charge in [0.25, 0.3) is 0 Å². The van der Waals surface area contributed by atoms with Crippen LogP contribution in [0.2, 0.25) is 0 Å². The van der Waals surface area contributed by atoms with E-state index in [1.54, 1.807) is 0 Å². The van der Waals surface area contributed by atoms with Crippen molar-refractivity contribution in [2.45, 2.75) is 66.7 Å². The van der Waals surface area contributed by atoms with Gasteiger partial charge in [-0.2, -0.15) is 0 Å². The van der Waals surface area contributed by atoms with Crippen molar-refractivity contribution in [1.82, 2.24) is 0 Å². The summed E-state index contributed by atoms with van der Waals surface area (Å²) < 4.78 is 0. The Morgan fingerprint density at radius 2 is 1.62 bits per heavy atom. The summed E-state index contributed by atoms with van der Waals surface area (Å²) in [5.41, 5.74) is 2.00. The molecule has 0 aromatic rings. The summed E-state index contributed by atoms with van der Waals surface area (Å²) in [5.74, 6) is 2.46. The minimum Gasteiger partial charge on any atom is -0.0993 e. The molecule has 0 unspecified atom stereocenters. The van der Waals surface area contributed by atoms with Crippen LogP contribution in [0.25, 0.3) is 0 Å². The van der Waals surface area contributed by atoms with Crippen molar-refractivity contribution >= 4 is 0 Å². The van der Waals surface area contributed by atoms with Gasteiger partial charge in [0.1, 0.15) is 0 Å². The molecule has 0 radical (unpaired) electrons. The van der Waals surface area contributed by atoms with Crippen LogP contribution in [-0.4, -0.2) is 0 Å². The van der Waals surface area contributed by atoms with Crippen LogP contribution in [0.5, 0.6) is 0 Å². The fourth-order valence-electron chi connectivity index (χ4n) is 3.07. The number of hydrogen-bond donors (Lipinski definition) is 0. The Morgan fingerprint density at radius 3 is 2.00 bits per heavy atom. The SMILES string of the molecule is C=C(C(C)C)C1CCC(CC(C)(C)C)CC1. The van der Waals surface area contributed by atoms with E-state index in [0.29, 0.717) is 11.3 Å². The molecule has 0 heterocycles. The highest BCUT2D eigenvalue weighted by Gasteiger charge is 2.26. The van der Waals surface area contributed by atoms with Crippen LogP contribution in [0, 0.1) is 23.2 Å². The molecular formula is C16H30. The Labute approximate surface area is 103 Å². The lowest BCUT2D eigenvalue weighted by Crippen LogP contribution is -2.21. The Kier molecular flexibility index (Phi) is 4.64. The van der Waals surface area contributed by atoms with Gasteiger partial charge in [-0.3, -0.25) is 0 Å². The Morgan fingerprint density at radius 1 is 1.12 bits per heavy atom. The second-order valence-corrected chi connectivity index (χ2v) is 7.21. The van der Waals surface area contributed by atoms with Gasteiger partial charge in [0.2, 0.25) is 0 Å². The van der Waals surface area contributed by atoms with Crippen LogP contribution in [0.1, 0.15) is 66.7 Å². The van der Waals surface area contributed by atoms with Gasteiger partial charge < -0.3 is 0 Å². The maximum Gasteiger partial charge on any atom is -0.0203 e. The summed E-state index contributed by atoms with van der Waals surface area (Å²) in [7, 11) is 0. The third-order valence-corrected chi connectivity index (χ3v) is 4.01. The Balaban J connectivity index is 2.37. The fourth-order valence-corrected chi connectivity index (χ4v) is 3.07. The Hall–Kier alpha value is -0.260. The number of rotatable bonds is 3. The van der Waals surface area contributed by atoms with Gasteiger partial charge in [-0.25, -0.2) is 0 Å². The average molecular weight is 222 g/mol. The predicted molar refractivity (Wildman–Crippen MR) is 73.5 cm³/mol. The number of allylic oxidation sites excluding steroid dienone is 1. The largest absolute Gasteiger partial charge is 0.0993 e. The molecular weight excluding hydrogens is 192 g/mol. The van der Waals surface area contributed by atoms with Gasteiger partial charge in [-0.1, -0.05) is 46.8 Å². The van der Waals surface area contributed by atoms with Crippen LogP contribution in [-0.2, 0) is 0 Å². The molecule has 94 valence electrons. The van der Waals surface area contributed by atoms with Crippen molar-refractivity contribution in [2.24, 2.45) is 23.2 Å². The van der Waals surface area contributed by atoms with Crippen molar-refractivity contribution in [3.8, 4) is 0 Å². The minimum atomic E-state index is 0.507. The predicted octanol–water partition coefficient (Wildman–Crippen LogP) is 5.44. The normalized spacial score (nSPS) is 27.1. The molecule has 0 aromatic heterocycles. The van der Waals surface area contributed by atoms with E-state index in [1.807, 2.05) is 0 Å². The standard InChI is InChI=1S/C16H30/c1-12(2)13(3)15-9-7-14(8-10-15)11-16(4,5)6/h12,14-15H,3,7-11H2,1-2,4-6H3. The zero-order valence-corrected chi connectivity index (χ0v) is 12.0. The van der Waals surface area contributed by atoms with E-state index in [-0.39, 0.29) is 0 Å². The molecule has 1 fully saturated rings. The second kappa shape index (κ2) is 5.38. The van der Waals surface area contributed by atoms with Gasteiger partial charge >= 0.3 is 0 Å². The first-order valence-electron chi connectivity index (χ1n) is 6.98. The Bertz CT molecular complexity index is 221. The quantitative estimate of drug-likeness (QED) is 0.558. The van der Waals surface area contributed by atoms with Gasteiger partial charge in [0.05, 0.1) is 0 Å². The molecule has 1 saturated carbocycles. The summed E-state index contributed by atoms with van der Waals surface area (Å²) in [5, 5.41) is 0. The highest BCUT2D eigenvalue weighted by molar-refractivity contribution is 5.04. The maximum absolute atomic E-state index is 4.28. The zero-order chi connectivity index (χ0) is 12.3. The van der Waals surface area contributed by atoms with Crippen molar-refractivity contribution < 1.29 is 0 Å². The molecule has 0 bridgehead atoms. The summed E-state index contributed by atoms with van der Waals surface area (Å²) in [6.07, 6.45) is 7.02. The molecule has 16 heavy (non-hydrogen) atoms. The smallest absolute Gasteiger partial charge is 0.0203 e. The van der Waals surface area contributed by atoms with Crippen LogP contribution < -0.4 is 0 Å². The van der Waals surface area contributed by atoms with E-state index in [0.717, 1.165) is 11.8 Å². The minimum absolute atomic E-state index is 0.507. The van der Waals surface area contributed by atoms with Crippen LogP contribution in [0.15, 0.2) is 12.2 Å². The molecule has 0 nitrogen and oxygen atoms in total. The van der Waals surface area contributed by atoms with E-state index < -0.39 is 0 Å². The molecule has 0 heteroatoms. The third kappa shape index (κ3) is 4.31. The van der Waals surface area contributed by atoms with Crippen LogP contribution >= 0.6 is 0 Å². The lowest BCUT2D eigenvalue weighted by molar-refractivity contribution is 0.213. The summed E-state index contributed by atoms with van der Waals surface area (Å²) >= 11 is 0. The molecule has 0 aromatic carbocycles. The molecule has 0 N–H and O–H groups in total. The molecule has 0 aliphatic heterocycles. The summed E-state index contributed by atoms with van der Waals surface area (Å²) in [6.45, 7) is 15.9. The summed E-state index contributed by atoms with van der Waals surface area (Å²) in [6, 6.07) is 0. The van der Waals surface area contributed by atoms with E-state index >= 15 is 0 Å². The van der Waals surface area contributed by atoms with E-state index in [4.69, 9.17) is 0 Å². The zero-order valence-electron chi connectivity index (χ0n) is 12.0. The van der Waals surface area contributed by atoms with Crippen LogP contribution in [0.3, 0.4) is 0 Å². The van der Waals surface area contributed by atoms with Crippen LogP contribution in [0.4, 0.5) is 0 Å². The summed E-state index contributed by atoms with van der Waals surface area (Å²) in [4.78, 5) is 0. The van der Waals surface area contributed by atoms with Crippen molar-refractivity contribution in [1.29, 1.82) is 0 Å². The molecule has 0 amide bonds. The monoisotopic (exact) mass is 222 g/mol. The first-order valence-corrected chi connectivity index (χ1v) is 6.98. The second-order valence-electron chi connectivity index (χ2n) is 7.21. The maximum atomic E-state index is 4.28. The molecule has 0 saturated heterocycles. The van der Waals surface area contributed by atoms with E-state index in [9.17, 15) is 0 Å².